The molecule has 24 heavy (non-hydrogen) atoms. The lowest BCUT2D eigenvalue weighted by atomic mass is 9.93. The fraction of sp³-hybridized carbons (Fsp3) is 0.381. The molecule has 0 aliphatic rings. The van der Waals surface area contributed by atoms with Crippen molar-refractivity contribution in [3.8, 4) is 11.1 Å². The second kappa shape index (κ2) is 8.65. The van der Waals surface area contributed by atoms with E-state index in [1.165, 1.54) is 11.1 Å². The molecule has 0 saturated heterocycles. The molecule has 0 aliphatic carbocycles. The minimum atomic E-state index is -0.0139. The molecular formula is C21H28N2O. The van der Waals surface area contributed by atoms with E-state index in [0.29, 0.717) is 18.0 Å². The van der Waals surface area contributed by atoms with Crippen LogP contribution in [0.15, 0.2) is 48.5 Å². The second-order valence-corrected chi connectivity index (χ2v) is 6.90. The molecule has 128 valence electrons. The van der Waals surface area contributed by atoms with Crippen LogP contribution < -0.4 is 5.32 Å². The van der Waals surface area contributed by atoms with Crippen LogP contribution in [0.25, 0.3) is 11.1 Å². The molecule has 0 aromatic heterocycles. The average Bonchev–Trinajstić information content (AvgIpc) is 2.54. The molecule has 0 radical (unpaired) electrons. The van der Waals surface area contributed by atoms with E-state index in [9.17, 15) is 4.79 Å². The first kappa shape index (κ1) is 18.2. The van der Waals surface area contributed by atoms with Crippen LogP contribution in [0, 0.1) is 5.92 Å². The first-order valence-corrected chi connectivity index (χ1v) is 8.58. The molecule has 2 rings (SSSR count). The van der Waals surface area contributed by atoms with Gasteiger partial charge in [0, 0.05) is 18.7 Å². The number of nitrogens with zero attached hydrogens (tertiary/aromatic N) is 1. The largest absolute Gasteiger partial charge is 0.351 e. The zero-order valence-electron chi connectivity index (χ0n) is 15.2. The Bertz CT molecular complexity index is 677. The van der Waals surface area contributed by atoms with Gasteiger partial charge in [-0.2, -0.15) is 0 Å². The minimum Gasteiger partial charge on any atom is -0.351 e. The van der Waals surface area contributed by atoms with Gasteiger partial charge in [-0.25, -0.2) is 0 Å². The van der Waals surface area contributed by atoms with E-state index >= 15 is 0 Å². The summed E-state index contributed by atoms with van der Waals surface area (Å²) in [5.41, 5.74) is 4.36. The molecule has 0 aliphatic heterocycles. The van der Waals surface area contributed by atoms with Crippen LogP contribution in [0.3, 0.4) is 0 Å². The Kier molecular flexibility index (Phi) is 6.56. The van der Waals surface area contributed by atoms with Crippen molar-refractivity contribution >= 4 is 5.91 Å². The number of amides is 1. The summed E-state index contributed by atoms with van der Waals surface area (Å²) in [6.07, 6.45) is 1.04. The molecular weight excluding hydrogens is 296 g/mol. The van der Waals surface area contributed by atoms with Crippen molar-refractivity contribution in [2.45, 2.75) is 20.3 Å². The zero-order valence-corrected chi connectivity index (χ0v) is 15.2. The molecule has 2 aromatic carbocycles. The monoisotopic (exact) mass is 324 g/mol. The summed E-state index contributed by atoms with van der Waals surface area (Å²) in [5.74, 6) is 0.587. The Morgan fingerprint density at radius 1 is 1.08 bits per heavy atom. The van der Waals surface area contributed by atoms with Crippen molar-refractivity contribution in [3.63, 3.8) is 0 Å². The van der Waals surface area contributed by atoms with Crippen molar-refractivity contribution in [2.24, 2.45) is 5.92 Å². The summed E-state index contributed by atoms with van der Waals surface area (Å²) in [5, 5.41) is 2.98. The lowest BCUT2D eigenvalue weighted by molar-refractivity contribution is 0.0951. The molecule has 3 nitrogen and oxygen atoms in total. The van der Waals surface area contributed by atoms with Gasteiger partial charge < -0.3 is 10.2 Å². The summed E-state index contributed by atoms with van der Waals surface area (Å²) in [7, 11) is 4.00. The van der Waals surface area contributed by atoms with Crippen molar-refractivity contribution < 1.29 is 4.79 Å². The van der Waals surface area contributed by atoms with Crippen LogP contribution >= 0.6 is 0 Å². The zero-order chi connectivity index (χ0) is 17.5. The van der Waals surface area contributed by atoms with Gasteiger partial charge in [0.25, 0.3) is 5.91 Å². The lowest BCUT2D eigenvalue weighted by Gasteiger charge is -2.13. The third-order valence-corrected chi connectivity index (χ3v) is 3.93. The molecule has 3 heteroatoms. The molecule has 1 N–H and O–H groups in total. The predicted molar refractivity (Wildman–Crippen MR) is 101 cm³/mol. The molecule has 2 aromatic rings. The maximum absolute atomic E-state index is 12.3. The number of hydrogen-bond acceptors (Lipinski definition) is 2. The lowest BCUT2D eigenvalue weighted by Crippen LogP contribution is -2.31. The Labute approximate surface area is 145 Å². The smallest absolute Gasteiger partial charge is 0.251 e. The number of carbonyl (C=O) groups is 1. The van der Waals surface area contributed by atoms with E-state index in [1.54, 1.807) is 0 Å². The van der Waals surface area contributed by atoms with Gasteiger partial charge >= 0.3 is 0 Å². The van der Waals surface area contributed by atoms with Gasteiger partial charge in [-0.15, -0.1) is 0 Å². The fourth-order valence-electron chi connectivity index (χ4n) is 2.74. The van der Waals surface area contributed by atoms with Crippen molar-refractivity contribution in [3.05, 3.63) is 59.7 Å². The summed E-state index contributed by atoms with van der Waals surface area (Å²) in [4.78, 5) is 14.4. The number of hydrogen-bond donors (Lipinski definition) is 1. The highest BCUT2D eigenvalue weighted by atomic mass is 16.1. The van der Waals surface area contributed by atoms with E-state index in [1.807, 2.05) is 32.3 Å². The van der Waals surface area contributed by atoms with Crippen molar-refractivity contribution in [2.75, 3.05) is 27.2 Å². The van der Waals surface area contributed by atoms with Gasteiger partial charge in [-0.05, 0) is 55.3 Å². The third-order valence-electron chi connectivity index (χ3n) is 3.93. The number of carbonyl (C=O) groups excluding carboxylic acids is 1. The number of rotatable bonds is 7. The van der Waals surface area contributed by atoms with E-state index in [4.69, 9.17) is 0 Å². The van der Waals surface area contributed by atoms with Gasteiger partial charge in [0.15, 0.2) is 0 Å². The van der Waals surface area contributed by atoms with E-state index in [2.05, 4.69) is 54.4 Å². The Balaban J connectivity index is 2.20. The molecule has 1 amide bonds. The first-order valence-electron chi connectivity index (χ1n) is 8.58. The molecule has 0 bridgehead atoms. The highest BCUT2D eigenvalue weighted by Gasteiger charge is 2.10. The third kappa shape index (κ3) is 5.20. The first-order chi connectivity index (χ1) is 11.5. The topological polar surface area (TPSA) is 32.3 Å². The maximum atomic E-state index is 12.3. The van der Waals surface area contributed by atoms with E-state index < -0.39 is 0 Å². The molecule has 0 heterocycles. The molecule has 0 fully saturated rings. The normalized spacial score (nSPS) is 11.1. The van der Waals surface area contributed by atoms with Gasteiger partial charge in [0.05, 0.1) is 0 Å². The quantitative estimate of drug-likeness (QED) is 0.839. The van der Waals surface area contributed by atoms with E-state index in [-0.39, 0.29) is 5.91 Å². The summed E-state index contributed by atoms with van der Waals surface area (Å²) < 4.78 is 0. The average molecular weight is 324 g/mol. The Morgan fingerprint density at radius 3 is 2.54 bits per heavy atom. The number of benzene rings is 2. The fourth-order valence-corrected chi connectivity index (χ4v) is 2.74. The van der Waals surface area contributed by atoms with Crippen LogP contribution in [0.1, 0.15) is 29.8 Å². The molecule has 0 spiro atoms. The van der Waals surface area contributed by atoms with Crippen LogP contribution in [-0.2, 0) is 6.42 Å². The summed E-state index contributed by atoms with van der Waals surface area (Å²) in [6, 6.07) is 16.4. The van der Waals surface area contributed by atoms with Gasteiger partial charge in [0.2, 0.25) is 0 Å². The van der Waals surface area contributed by atoms with Crippen LogP contribution in [0.2, 0.25) is 0 Å². The van der Waals surface area contributed by atoms with Crippen molar-refractivity contribution in [1.82, 2.24) is 10.2 Å². The summed E-state index contributed by atoms with van der Waals surface area (Å²) in [6.45, 7) is 5.94. The second-order valence-electron chi connectivity index (χ2n) is 6.90. The number of likely N-dealkylation sites (N-methyl/N-ethyl adjacent to an activating group) is 1. The standard InChI is InChI=1S/C21H28N2O/c1-16(2)14-17-8-5-6-11-20(17)18-9-7-10-19(15-18)21(24)22-12-13-23(3)4/h5-11,15-16H,12-14H2,1-4H3,(H,22,24). The molecule has 0 atom stereocenters. The van der Waals surface area contributed by atoms with Crippen LogP contribution in [0.5, 0.6) is 0 Å². The Morgan fingerprint density at radius 2 is 1.83 bits per heavy atom. The molecule has 0 unspecified atom stereocenters. The van der Waals surface area contributed by atoms with Crippen LogP contribution in [-0.4, -0.2) is 38.0 Å². The highest BCUT2D eigenvalue weighted by molar-refractivity contribution is 5.95. The molecule has 0 saturated carbocycles. The van der Waals surface area contributed by atoms with Gasteiger partial charge in [-0.3, -0.25) is 4.79 Å². The Hall–Kier alpha value is -2.13. The van der Waals surface area contributed by atoms with Gasteiger partial charge in [-0.1, -0.05) is 50.2 Å². The minimum absolute atomic E-state index is 0.0139. The highest BCUT2D eigenvalue weighted by Crippen LogP contribution is 2.26. The van der Waals surface area contributed by atoms with Crippen LogP contribution in [0.4, 0.5) is 0 Å². The predicted octanol–water partition coefficient (Wildman–Crippen LogP) is 3.84. The number of nitrogens with one attached hydrogen (secondary N) is 1. The van der Waals surface area contributed by atoms with E-state index in [0.717, 1.165) is 18.5 Å². The summed E-state index contributed by atoms with van der Waals surface area (Å²) >= 11 is 0. The SMILES string of the molecule is CC(C)Cc1ccccc1-c1cccc(C(=O)NCCN(C)C)c1. The van der Waals surface area contributed by atoms with Crippen molar-refractivity contribution in [1.29, 1.82) is 0 Å². The van der Waals surface area contributed by atoms with Gasteiger partial charge in [0.1, 0.15) is 0 Å². The maximum Gasteiger partial charge on any atom is 0.251 e.